The van der Waals surface area contributed by atoms with Gasteiger partial charge >= 0.3 is 0 Å². The minimum Gasteiger partial charge on any atom is -0.457 e. The smallest absolute Gasteiger partial charge is 0.132 e. The third kappa shape index (κ3) is 3.15. The number of hydrogen-bond donors (Lipinski definition) is 0. The molecule has 17 heavy (non-hydrogen) atoms. The van der Waals surface area contributed by atoms with Crippen LogP contribution in [0.2, 0.25) is 10.0 Å². The van der Waals surface area contributed by atoms with Gasteiger partial charge in [-0.1, -0.05) is 36.2 Å². The van der Waals surface area contributed by atoms with Crippen LogP contribution in [-0.2, 0) is 6.42 Å². The van der Waals surface area contributed by atoms with E-state index in [4.69, 9.17) is 27.9 Å². The SMILES string of the molecule is CCc1ccc(Cl)cc1Oc1ccc(Cl)cc1. The van der Waals surface area contributed by atoms with Gasteiger partial charge in [-0.15, -0.1) is 0 Å². The van der Waals surface area contributed by atoms with Crippen molar-refractivity contribution in [2.24, 2.45) is 0 Å². The third-order valence-electron chi connectivity index (χ3n) is 2.45. The second-order valence-electron chi connectivity index (χ2n) is 3.66. The molecule has 2 aromatic carbocycles. The molecule has 0 spiro atoms. The topological polar surface area (TPSA) is 9.23 Å². The van der Waals surface area contributed by atoms with E-state index in [0.29, 0.717) is 10.0 Å². The molecule has 0 atom stereocenters. The maximum atomic E-state index is 5.96. The summed E-state index contributed by atoms with van der Waals surface area (Å²) in [6.07, 6.45) is 0.903. The lowest BCUT2D eigenvalue weighted by molar-refractivity contribution is 0.477. The molecule has 0 aliphatic rings. The Bertz CT molecular complexity index is 506. The molecule has 3 heteroatoms. The van der Waals surface area contributed by atoms with Gasteiger partial charge in [0.2, 0.25) is 0 Å². The lowest BCUT2D eigenvalue weighted by atomic mass is 10.1. The molecule has 88 valence electrons. The average molecular weight is 267 g/mol. The predicted octanol–water partition coefficient (Wildman–Crippen LogP) is 5.35. The molecule has 2 aromatic rings. The zero-order valence-corrected chi connectivity index (χ0v) is 10.9. The molecule has 0 amide bonds. The Labute approximate surface area is 111 Å². The van der Waals surface area contributed by atoms with Crippen LogP contribution in [-0.4, -0.2) is 0 Å². The number of rotatable bonds is 3. The number of halogens is 2. The van der Waals surface area contributed by atoms with E-state index < -0.39 is 0 Å². The largest absolute Gasteiger partial charge is 0.457 e. The lowest BCUT2D eigenvalue weighted by Gasteiger charge is -2.10. The molecule has 1 nitrogen and oxygen atoms in total. The summed E-state index contributed by atoms with van der Waals surface area (Å²) in [4.78, 5) is 0. The zero-order valence-electron chi connectivity index (χ0n) is 9.41. The molecule has 0 saturated heterocycles. The van der Waals surface area contributed by atoms with Crippen molar-refractivity contribution in [1.82, 2.24) is 0 Å². The van der Waals surface area contributed by atoms with Crippen molar-refractivity contribution in [3.8, 4) is 11.5 Å². The quantitative estimate of drug-likeness (QED) is 0.728. The number of ether oxygens (including phenoxy) is 1. The van der Waals surface area contributed by atoms with Crippen LogP contribution in [0.5, 0.6) is 11.5 Å². The van der Waals surface area contributed by atoms with E-state index >= 15 is 0 Å². The molecule has 0 heterocycles. The predicted molar refractivity (Wildman–Crippen MR) is 72.4 cm³/mol. The van der Waals surface area contributed by atoms with Crippen molar-refractivity contribution in [3.63, 3.8) is 0 Å². The van der Waals surface area contributed by atoms with E-state index in [1.54, 1.807) is 12.1 Å². The molecule has 0 fully saturated rings. The van der Waals surface area contributed by atoms with Gasteiger partial charge in [-0.2, -0.15) is 0 Å². The first kappa shape index (κ1) is 12.3. The maximum Gasteiger partial charge on any atom is 0.132 e. The fraction of sp³-hybridized carbons (Fsp3) is 0.143. The summed E-state index contributed by atoms with van der Waals surface area (Å²) in [5.74, 6) is 1.55. The van der Waals surface area contributed by atoms with Gasteiger partial charge in [-0.25, -0.2) is 0 Å². The van der Waals surface area contributed by atoms with Crippen LogP contribution >= 0.6 is 23.2 Å². The third-order valence-corrected chi connectivity index (χ3v) is 2.94. The highest BCUT2D eigenvalue weighted by atomic mass is 35.5. The van der Waals surface area contributed by atoms with Crippen molar-refractivity contribution >= 4 is 23.2 Å². The van der Waals surface area contributed by atoms with E-state index in [9.17, 15) is 0 Å². The van der Waals surface area contributed by atoms with E-state index in [1.165, 1.54) is 0 Å². The molecule has 0 saturated carbocycles. The molecule has 0 aromatic heterocycles. The summed E-state index contributed by atoms with van der Waals surface area (Å²) in [6, 6.07) is 12.9. The van der Waals surface area contributed by atoms with E-state index in [2.05, 4.69) is 6.92 Å². The fourth-order valence-corrected chi connectivity index (χ4v) is 1.83. The molecule has 0 radical (unpaired) electrons. The Morgan fingerprint density at radius 1 is 0.941 bits per heavy atom. The van der Waals surface area contributed by atoms with Crippen molar-refractivity contribution in [2.45, 2.75) is 13.3 Å². The van der Waals surface area contributed by atoms with Crippen LogP contribution in [0.3, 0.4) is 0 Å². The van der Waals surface area contributed by atoms with Crippen molar-refractivity contribution in [1.29, 1.82) is 0 Å². The first-order valence-electron chi connectivity index (χ1n) is 5.41. The Hall–Kier alpha value is -1.18. The van der Waals surface area contributed by atoms with Gasteiger partial charge in [-0.05, 0) is 48.4 Å². The number of aryl methyl sites for hydroxylation is 1. The normalized spacial score (nSPS) is 10.3. The number of benzene rings is 2. The first-order valence-corrected chi connectivity index (χ1v) is 6.16. The van der Waals surface area contributed by atoms with Gasteiger partial charge in [0.25, 0.3) is 0 Å². The van der Waals surface area contributed by atoms with Gasteiger partial charge in [0.05, 0.1) is 0 Å². The van der Waals surface area contributed by atoms with Crippen LogP contribution < -0.4 is 4.74 Å². The molecule has 0 bridgehead atoms. The molecule has 0 aliphatic carbocycles. The van der Waals surface area contributed by atoms with Crippen LogP contribution in [0.4, 0.5) is 0 Å². The van der Waals surface area contributed by atoms with E-state index in [1.807, 2.05) is 30.3 Å². The molecule has 0 aliphatic heterocycles. The molecule has 2 rings (SSSR count). The monoisotopic (exact) mass is 266 g/mol. The highest BCUT2D eigenvalue weighted by Crippen LogP contribution is 2.29. The van der Waals surface area contributed by atoms with Crippen molar-refractivity contribution in [3.05, 3.63) is 58.1 Å². The summed E-state index contributed by atoms with van der Waals surface area (Å²) >= 11 is 11.8. The van der Waals surface area contributed by atoms with Gasteiger partial charge in [0, 0.05) is 10.0 Å². The fourth-order valence-electron chi connectivity index (χ4n) is 1.55. The van der Waals surface area contributed by atoms with Gasteiger partial charge in [-0.3, -0.25) is 0 Å². The van der Waals surface area contributed by atoms with Crippen LogP contribution in [0.1, 0.15) is 12.5 Å². The second kappa shape index (κ2) is 5.44. The summed E-state index contributed by atoms with van der Waals surface area (Å²) < 4.78 is 5.79. The van der Waals surface area contributed by atoms with Crippen LogP contribution in [0.15, 0.2) is 42.5 Å². The number of hydrogen-bond acceptors (Lipinski definition) is 1. The van der Waals surface area contributed by atoms with Gasteiger partial charge in [0.1, 0.15) is 11.5 Å². The highest BCUT2D eigenvalue weighted by molar-refractivity contribution is 6.31. The lowest BCUT2D eigenvalue weighted by Crippen LogP contribution is -1.90. The molecular weight excluding hydrogens is 255 g/mol. The standard InChI is InChI=1S/C14H12Cl2O/c1-2-10-3-4-12(16)9-14(10)17-13-7-5-11(15)6-8-13/h3-9H,2H2,1H3. The molecule has 0 unspecified atom stereocenters. The summed E-state index contributed by atoms with van der Waals surface area (Å²) in [5.41, 5.74) is 1.13. The Morgan fingerprint density at radius 3 is 2.24 bits per heavy atom. The molecular formula is C14H12Cl2O. The van der Waals surface area contributed by atoms with Crippen molar-refractivity contribution < 1.29 is 4.74 Å². The minimum atomic E-state index is 0.672. The van der Waals surface area contributed by atoms with Crippen LogP contribution in [0.25, 0.3) is 0 Å². The van der Waals surface area contributed by atoms with Gasteiger partial charge in [0.15, 0.2) is 0 Å². The molecule has 0 N–H and O–H groups in total. The van der Waals surface area contributed by atoms with E-state index in [0.717, 1.165) is 23.5 Å². The Kier molecular flexibility index (Phi) is 3.93. The summed E-state index contributed by atoms with van der Waals surface area (Å²) in [5, 5.41) is 1.37. The summed E-state index contributed by atoms with van der Waals surface area (Å²) in [6.45, 7) is 2.08. The van der Waals surface area contributed by atoms with Gasteiger partial charge < -0.3 is 4.74 Å². The average Bonchev–Trinajstić information content (AvgIpc) is 2.32. The van der Waals surface area contributed by atoms with Crippen LogP contribution in [0, 0.1) is 0 Å². The maximum absolute atomic E-state index is 5.96. The van der Waals surface area contributed by atoms with Crippen molar-refractivity contribution in [2.75, 3.05) is 0 Å². The highest BCUT2D eigenvalue weighted by Gasteiger charge is 2.04. The first-order chi connectivity index (χ1) is 8.19. The summed E-state index contributed by atoms with van der Waals surface area (Å²) in [7, 11) is 0. The van der Waals surface area contributed by atoms with E-state index in [-0.39, 0.29) is 0 Å². The Balaban J connectivity index is 2.28. The minimum absolute atomic E-state index is 0.672. The zero-order chi connectivity index (χ0) is 12.3. The Morgan fingerprint density at radius 2 is 1.59 bits per heavy atom. The second-order valence-corrected chi connectivity index (χ2v) is 4.53.